The molecule has 0 amide bonds. The average Bonchev–Trinajstić information content (AvgIpc) is 2.65. The Hall–Kier alpha value is -1.86. The Bertz CT molecular complexity index is 362. The van der Waals surface area contributed by atoms with Crippen molar-refractivity contribution in [3.8, 4) is 0 Å². The molecule has 2 aromatic heterocycles. The van der Waals surface area contributed by atoms with E-state index in [9.17, 15) is 0 Å². The van der Waals surface area contributed by atoms with Crippen molar-refractivity contribution in [2.45, 2.75) is 13.5 Å². The Morgan fingerprint density at radius 1 is 1.15 bits per heavy atom. The summed E-state index contributed by atoms with van der Waals surface area (Å²) in [5, 5.41) is 22.1. The number of hydrogen-bond acceptors (Lipinski definition) is 6. The van der Waals surface area contributed by atoms with Gasteiger partial charge in [-0.25, -0.2) is 9.36 Å². The fraction of sp³-hybridized carbons (Fsp3) is 0.600. The molecule has 68 valence electrons. The molecule has 2 rings (SSSR count). The first-order chi connectivity index (χ1) is 6.27. The van der Waals surface area contributed by atoms with E-state index >= 15 is 0 Å². The molecule has 8 nitrogen and oxygen atoms in total. The first-order valence-corrected chi connectivity index (χ1v) is 3.71. The molecular weight excluding hydrogens is 172 g/mol. The van der Waals surface area contributed by atoms with Crippen LogP contribution in [0.4, 0.5) is 0 Å². The van der Waals surface area contributed by atoms with Crippen LogP contribution in [0, 0.1) is 6.92 Å². The number of tetrazole rings is 2. The summed E-state index contributed by atoms with van der Waals surface area (Å²) in [6, 6.07) is 0. The van der Waals surface area contributed by atoms with Crippen LogP contribution < -0.4 is 0 Å². The summed E-state index contributed by atoms with van der Waals surface area (Å²) in [5.41, 5.74) is 0. The van der Waals surface area contributed by atoms with Crippen LogP contribution in [0.15, 0.2) is 0 Å². The van der Waals surface area contributed by atoms with Crippen molar-refractivity contribution in [3.63, 3.8) is 0 Å². The first kappa shape index (κ1) is 7.77. The van der Waals surface area contributed by atoms with Gasteiger partial charge in [-0.2, -0.15) is 0 Å². The zero-order chi connectivity index (χ0) is 9.26. The van der Waals surface area contributed by atoms with Gasteiger partial charge < -0.3 is 0 Å². The average molecular weight is 180 g/mol. The molecule has 8 heteroatoms. The molecule has 2 aromatic rings. The molecule has 0 radical (unpaired) electrons. The fourth-order valence-electron chi connectivity index (χ4n) is 0.911. The molecule has 0 saturated heterocycles. The van der Waals surface area contributed by atoms with Gasteiger partial charge >= 0.3 is 0 Å². The van der Waals surface area contributed by atoms with Gasteiger partial charge in [-0.05, 0) is 27.8 Å². The second-order valence-corrected chi connectivity index (χ2v) is 2.60. The van der Waals surface area contributed by atoms with Gasteiger partial charge in [-0.15, -0.1) is 10.2 Å². The highest BCUT2D eigenvalue weighted by Crippen LogP contribution is 1.95. The minimum absolute atomic E-state index is 0.488. The summed E-state index contributed by atoms with van der Waals surface area (Å²) in [6.07, 6.45) is 0. The monoisotopic (exact) mass is 180 g/mol. The van der Waals surface area contributed by atoms with Gasteiger partial charge in [0.15, 0.2) is 5.82 Å². The number of nitrogens with zero attached hydrogens (tertiary/aromatic N) is 8. The molecule has 2 heterocycles. The quantitative estimate of drug-likeness (QED) is 0.562. The summed E-state index contributed by atoms with van der Waals surface area (Å²) in [7, 11) is 1.77. The molecule has 0 aliphatic heterocycles. The molecule has 0 spiro atoms. The standard InChI is InChI=1S/C5H8N8/c1-4-6-8-11-13(4)3-5-7-9-10-12(5)2/h3H2,1-2H3. The predicted octanol–water partition coefficient (Wildman–Crippen LogP) is -1.45. The molecule has 0 bridgehead atoms. The van der Waals surface area contributed by atoms with E-state index in [4.69, 9.17) is 0 Å². The summed E-state index contributed by atoms with van der Waals surface area (Å²) in [5.74, 6) is 1.46. The third-order valence-electron chi connectivity index (χ3n) is 1.71. The van der Waals surface area contributed by atoms with Gasteiger partial charge in [-0.3, -0.25) is 0 Å². The zero-order valence-corrected chi connectivity index (χ0v) is 7.28. The van der Waals surface area contributed by atoms with E-state index in [0.717, 1.165) is 11.6 Å². The zero-order valence-electron chi connectivity index (χ0n) is 7.28. The van der Waals surface area contributed by atoms with Crippen LogP contribution in [0.2, 0.25) is 0 Å². The lowest BCUT2D eigenvalue weighted by Gasteiger charge is -1.98. The number of hydrogen-bond donors (Lipinski definition) is 0. The fourth-order valence-corrected chi connectivity index (χ4v) is 0.911. The molecule has 0 unspecified atom stereocenters. The normalized spacial score (nSPS) is 10.6. The summed E-state index contributed by atoms with van der Waals surface area (Å²) in [6.45, 7) is 2.31. The van der Waals surface area contributed by atoms with Crippen LogP contribution in [0.5, 0.6) is 0 Å². The second-order valence-electron chi connectivity index (χ2n) is 2.60. The lowest BCUT2D eigenvalue weighted by Crippen LogP contribution is -2.09. The van der Waals surface area contributed by atoms with E-state index in [0.29, 0.717) is 6.54 Å². The van der Waals surface area contributed by atoms with Crippen molar-refractivity contribution in [2.75, 3.05) is 0 Å². The van der Waals surface area contributed by atoms with Crippen LogP contribution in [0.3, 0.4) is 0 Å². The van der Waals surface area contributed by atoms with Gasteiger partial charge in [0.25, 0.3) is 0 Å². The van der Waals surface area contributed by atoms with Gasteiger partial charge in [0, 0.05) is 7.05 Å². The second kappa shape index (κ2) is 2.88. The Labute approximate surface area is 73.6 Å². The summed E-state index contributed by atoms with van der Waals surface area (Å²) >= 11 is 0. The minimum Gasteiger partial charge on any atom is -0.231 e. The maximum atomic E-state index is 3.82. The van der Waals surface area contributed by atoms with E-state index in [2.05, 4.69) is 31.1 Å². The third kappa shape index (κ3) is 1.37. The van der Waals surface area contributed by atoms with Crippen LogP contribution in [-0.4, -0.2) is 40.4 Å². The molecule has 0 aliphatic carbocycles. The third-order valence-corrected chi connectivity index (χ3v) is 1.71. The minimum atomic E-state index is 0.488. The summed E-state index contributed by atoms with van der Waals surface area (Å²) < 4.78 is 3.22. The topological polar surface area (TPSA) is 87.2 Å². The predicted molar refractivity (Wildman–Crippen MR) is 40.5 cm³/mol. The molecule has 0 saturated carbocycles. The van der Waals surface area contributed by atoms with E-state index in [-0.39, 0.29) is 0 Å². The Balaban J connectivity index is 2.24. The van der Waals surface area contributed by atoms with Crippen molar-refractivity contribution >= 4 is 0 Å². The van der Waals surface area contributed by atoms with Crippen molar-refractivity contribution in [1.82, 2.24) is 40.4 Å². The Kier molecular flexibility index (Phi) is 1.72. The van der Waals surface area contributed by atoms with Crippen molar-refractivity contribution in [2.24, 2.45) is 7.05 Å². The van der Waals surface area contributed by atoms with Crippen molar-refractivity contribution in [1.29, 1.82) is 0 Å². The maximum absolute atomic E-state index is 3.82. The van der Waals surface area contributed by atoms with Crippen LogP contribution in [-0.2, 0) is 13.6 Å². The lowest BCUT2D eigenvalue weighted by molar-refractivity contribution is 0.578. The molecule has 13 heavy (non-hydrogen) atoms. The Morgan fingerprint density at radius 3 is 2.46 bits per heavy atom. The molecule has 0 aliphatic rings. The van der Waals surface area contributed by atoms with Crippen molar-refractivity contribution in [3.05, 3.63) is 11.6 Å². The molecule has 0 N–H and O–H groups in total. The molecule has 0 atom stereocenters. The van der Waals surface area contributed by atoms with Crippen molar-refractivity contribution < 1.29 is 0 Å². The van der Waals surface area contributed by atoms with Gasteiger partial charge in [-0.1, -0.05) is 0 Å². The first-order valence-electron chi connectivity index (χ1n) is 3.71. The maximum Gasteiger partial charge on any atom is 0.172 e. The van der Waals surface area contributed by atoms with Crippen LogP contribution in [0.25, 0.3) is 0 Å². The molecule has 0 aromatic carbocycles. The van der Waals surface area contributed by atoms with Gasteiger partial charge in [0.05, 0.1) is 0 Å². The molecule has 0 fully saturated rings. The van der Waals surface area contributed by atoms with Gasteiger partial charge in [0.2, 0.25) is 0 Å². The van der Waals surface area contributed by atoms with Crippen LogP contribution >= 0.6 is 0 Å². The van der Waals surface area contributed by atoms with E-state index in [1.807, 2.05) is 6.92 Å². The number of rotatable bonds is 2. The van der Waals surface area contributed by atoms with E-state index in [1.165, 1.54) is 0 Å². The highest BCUT2D eigenvalue weighted by atomic mass is 15.6. The summed E-state index contributed by atoms with van der Waals surface area (Å²) in [4.78, 5) is 0. The highest BCUT2D eigenvalue weighted by Gasteiger charge is 2.06. The Morgan fingerprint density at radius 2 is 1.92 bits per heavy atom. The van der Waals surface area contributed by atoms with E-state index < -0.39 is 0 Å². The largest absolute Gasteiger partial charge is 0.231 e. The highest BCUT2D eigenvalue weighted by molar-refractivity contribution is 4.84. The lowest BCUT2D eigenvalue weighted by atomic mass is 10.5. The smallest absolute Gasteiger partial charge is 0.172 e. The number of aromatic nitrogens is 8. The van der Waals surface area contributed by atoms with E-state index in [1.54, 1.807) is 16.4 Å². The number of aryl methyl sites for hydroxylation is 2. The van der Waals surface area contributed by atoms with Crippen LogP contribution in [0.1, 0.15) is 11.6 Å². The van der Waals surface area contributed by atoms with Gasteiger partial charge in [0.1, 0.15) is 12.4 Å². The molecular formula is C5H8N8. The SMILES string of the molecule is Cc1nnnn1Cc1nnnn1C.